The molecule has 2 aromatic rings. The lowest BCUT2D eigenvalue weighted by atomic mass is 10.1. The Morgan fingerprint density at radius 1 is 1.36 bits per heavy atom. The van der Waals surface area contributed by atoms with E-state index in [2.05, 4.69) is 9.89 Å². The zero-order chi connectivity index (χ0) is 18.0. The topological polar surface area (TPSA) is 81.9 Å². The number of carbonyl (C=O) groups is 2. The number of ether oxygens (including phenoxy) is 2. The first-order chi connectivity index (χ1) is 12.0. The van der Waals surface area contributed by atoms with E-state index < -0.39 is 12.1 Å². The van der Waals surface area contributed by atoms with Crippen LogP contribution in [0.2, 0.25) is 0 Å². The maximum atomic E-state index is 12.8. The van der Waals surface area contributed by atoms with Gasteiger partial charge in [-0.25, -0.2) is 0 Å². The average Bonchev–Trinajstić information content (AvgIpc) is 3.07. The van der Waals surface area contributed by atoms with Crippen LogP contribution >= 0.6 is 0 Å². The molecule has 0 saturated heterocycles. The van der Waals surface area contributed by atoms with Gasteiger partial charge in [0.05, 0.1) is 31.5 Å². The largest absolute Gasteiger partial charge is 0.478 e. The minimum atomic E-state index is -0.921. The van der Waals surface area contributed by atoms with Gasteiger partial charge in [-0.2, -0.15) is 0 Å². The lowest BCUT2D eigenvalue weighted by Crippen LogP contribution is -2.46. The zero-order valence-corrected chi connectivity index (χ0v) is 14.4. The van der Waals surface area contributed by atoms with Crippen LogP contribution in [0.1, 0.15) is 37.6 Å². The number of hydrogen-bond acceptors (Lipinski definition) is 6. The Labute approximate surface area is 145 Å². The minimum Gasteiger partial charge on any atom is -0.478 e. The Morgan fingerprint density at radius 3 is 2.80 bits per heavy atom. The number of aromatic nitrogens is 1. The molecular formula is C18H20N2O5. The van der Waals surface area contributed by atoms with E-state index >= 15 is 0 Å². The van der Waals surface area contributed by atoms with Crippen LogP contribution in [0.15, 0.2) is 34.9 Å². The molecular weight excluding hydrogens is 324 g/mol. The van der Waals surface area contributed by atoms with E-state index in [4.69, 9.17) is 9.26 Å². The summed E-state index contributed by atoms with van der Waals surface area (Å²) < 4.78 is 15.7. The minimum absolute atomic E-state index is 0.145. The SMILES string of the molecule is COC(=O)CC1Oc2ccccc2N(Cc2cc(C(C)C)no2)C1=O. The van der Waals surface area contributed by atoms with Crippen LogP contribution in [0.4, 0.5) is 5.69 Å². The van der Waals surface area contributed by atoms with Gasteiger partial charge in [-0.05, 0) is 18.1 Å². The molecule has 7 heteroatoms. The molecule has 0 spiro atoms. The molecule has 3 rings (SSSR count). The summed E-state index contributed by atoms with van der Waals surface area (Å²) in [6, 6.07) is 9.03. The Kier molecular flexibility index (Phi) is 4.74. The fourth-order valence-electron chi connectivity index (χ4n) is 2.63. The van der Waals surface area contributed by atoms with Crippen LogP contribution in [-0.4, -0.2) is 30.2 Å². The molecule has 1 amide bonds. The Morgan fingerprint density at radius 2 is 2.12 bits per heavy atom. The van der Waals surface area contributed by atoms with Crippen LogP contribution in [-0.2, 0) is 20.9 Å². The molecule has 25 heavy (non-hydrogen) atoms. The molecule has 0 saturated carbocycles. The van der Waals surface area contributed by atoms with Gasteiger partial charge in [-0.15, -0.1) is 0 Å². The van der Waals surface area contributed by atoms with Crippen molar-refractivity contribution in [2.45, 2.75) is 38.8 Å². The van der Waals surface area contributed by atoms with Crippen molar-refractivity contribution < 1.29 is 23.6 Å². The van der Waals surface area contributed by atoms with Gasteiger partial charge in [-0.3, -0.25) is 14.5 Å². The summed E-state index contributed by atoms with van der Waals surface area (Å²) in [5, 5.41) is 4.02. The van der Waals surface area contributed by atoms with Crippen molar-refractivity contribution in [1.29, 1.82) is 0 Å². The Bertz CT molecular complexity index is 783. The molecule has 2 heterocycles. The predicted molar refractivity (Wildman–Crippen MR) is 89.3 cm³/mol. The highest BCUT2D eigenvalue weighted by Gasteiger charge is 2.36. The number of methoxy groups -OCH3 is 1. The zero-order valence-electron chi connectivity index (χ0n) is 14.4. The third-order valence-electron chi connectivity index (χ3n) is 4.03. The van der Waals surface area contributed by atoms with Crippen LogP contribution < -0.4 is 9.64 Å². The van der Waals surface area contributed by atoms with Gasteiger partial charge >= 0.3 is 5.97 Å². The second kappa shape index (κ2) is 6.96. The van der Waals surface area contributed by atoms with Crippen molar-refractivity contribution in [3.63, 3.8) is 0 Å². The van der Waals surface area contributed by atoms with Gasteiger partial charge in [0.1, 0.15) is 5.75 Å². The number of amides is 1. The van der Waals surface area contributed by atoms with E-state index in [0.717, 1.165) is 5.69 Å². The Hall–Kier alpha value is -2.83. The van der Waals surface area contributed by atoms with Crippen molar-refractivity contribution in [1.82, 2.24) is 5.16 Å². The molecule has 0 bridgehead atoms. The fraction of sp³-hybridized carbons (Fsp3) is 0.389. The summed E-state index contributed by atoms with van der Waals surface area (Å²) in [5.74, 6) is 0.536. The maximum absolute atomic E-state index is 12.8. The van der Waals surface area contributed by atoms with Gasteiger partial charge in [0.2, 0.25) is 0 Å². The van der Waals surface area contributed by atoms with Crippen molar-refractivity contribution in [3.05, 3.63) is 41.8 Å². The van der Waals surface area contributed by atoms with E-state index in [9.17, 15) is 9.59 Å². The lowest BCUT2D eigenvalue weighted by Gasteiger charge is -2.33. The maximum Gasteiger partial charge on any atom is 0.309 e. The standard InChI is InChI=1S/C18H20N2O5/c1-11(2)13-8-12(25-19-13)10-20-14-6-4-5-7-15(14)24-16(18(20)22)9-17(21)23-3/h4-8,11,16H,9-10H2,1-3H3. The van der Waals surface area contributed by atoms with Gasteiger partial charge in [0.15, 0.2) is 11.9 Å². The number of fused-ring (bicyclic) bond motifs is 1. The summed E-state index contributed by atoms with van der Waals surface area (Å²) in [7, 11) is 1.28. The first kappa shape index (κ1) is 17.0. The predicted octanol–water partition coefficient (Wildman–Crippen LogP) is 2.66. The molecule has 0 fully saturated rings. The number of esters is 1. The number of hydrogen-bond donors (Lipinski definition) is 0. The second-order valence-corrected chi connectivity index (χ2v) is 6.15. The molecule has 0 aliphatic carbocycles. The van der Waals surface area contributed by atoms with Gasteiger partial charge in [0, 0.05) is 6.07 Å². The lowest BCUT2D eigenvalue weighted by molar-refractivity contribution is -0.145. The number of anilines is 1. The highest BCUT2D eigenvalue weighted by molar-refractivity contribution is 6.01. The third kappa shape index (κ3) is 3.50. The fourth-order valence-corrected chi connectivity index (χ4v) is 2.63. The van der Waals surface area contributed by atoms with Crippen LogP contribution in [0.25, 0.3) is 0 Å². The van der Waals surface area contributed by atoms with Crippen molar-refractivity contribution in [3.8, 4) is 5.75 Å². The first-order valence-corrected chi connectivity index (χ1v) is 8.09. The summed E-state index contributed by atoms with van der Waals surface area (Å²) in [6.07, 6.45) is -1.07. The Balaban J connectivity index is 1.89. The molecule has 0 N–H and O–H groups in total. The van der Waals surface area contributed by atoms with Gasteiger partial charge in [0.25, 0.3) is 5.91 Å². The summed E-state index contributed by atoms with van der Waals surface area (Å²) >= 11 is 0. The number of para-hydroxylation sites is 2. The average molecular weight is 344 g/mol. The van der Waals surface area contributed by atoms with E-state index in [0.29, 0.717) is 17.2 Å². The van der Waals surface area contributed by atoms with Crippen LogP contribution in [0.3, 0.4) is 0 Å². The normalized spacial score (nSPS) is 16.6. The molecule has 0 radical (unpaired) electrons. The van der Waals surface area contributed by atoms with Crippen LogP contribution in [0, 0.1) is 0 Å². The molecule has 1 aromatic carbocycles. The number of rotatable bonds is 5. The van der Waals surface area contributed by atoms with E-state index in [1.54, 1.807) is 17.0 Å². The van der Waals surface area contributed by atoms with E-state index in [-0.39, 0.29) is 24.8 Å². The molecule has 1 aliphatic rings. The van der Waals surface area contributed by atoms with Gasteiger partial charge < -0.3 is 14.0 Å². The van der Waals surface area contributed by atoms with Crippen molar-refractivity contribution in [2.24, 2.45) is 0 Å². The molecule has 1 unspecified atom stereocenters. The summed E-state index contributed by atoms with van der Waals surface area (Å²) in [4.78, 5) is 25.9. The summed E-state index contributed by atoms with van der Waals surface area (Å²) in [6.45, 7) is 4.25. The van der Waals surface area contributed by atoms with Crippen molar-refractivity contribution in [2.75, 3.05) is 12.0 Å². The quantitative estimate of drug-likeness (QED) is 0.776. The second-order valence-electron chi connectivity index (χ2n) is 6.15. The number of nitrogens with zero attached hydrogens (tertiary/aromatic N) is 2. The highest BCUT2D eigenvalue weighted by atomic mass is 16.5. The van der Waals surface area contributed by atoms with Crippen molar-refractivity contribution >= 4 is 17.6 Å². The van der Waals surface area contributed by atoms with E-state index in [1.165, 1.54) is 7.11 Å². The van der Waals surface area contributed by atoms with Crippen LogP contribution in [0.5, 0.6) is 5.75 Å². The number of benzene rings is 1. The highest BCUT2D eigenvalue weighted by Crippen LogP contribution is 2.35. The first-order valence-electron chi connectivity index (χ1n) is 8.09. The van der Waals surface area contributed by atoms with Gasteiger partial charge in [-0.1, -0.05) is 31.1 Å². The molecule has 1 aliphatic heterocycles. The number of carbonyl (C=O) groups excluding carboxylic acids is 2. The van der Waals surface area contributed by atoms with E-state index in [1.807, 2.05) is 32.0 Å². The summed E-state index contributed by atoms with van der Waals surface area (Å²) in [5.41, 5.74) is 1.46. The molecule has 7 nitrogen and oxygen atoms in total. The molecule has 132 valence electrons. The third-order valence-corrected chi connectivity index (χ3v) is 4.03. The monoisotopic (exact) mass is 344 g/mol. The molecule has 1 atom stereocenters. The smallest absolute Gasteiger partial charge is 0.309 e. The molecule has 1 aromatic heterocycles.